The second-order valence-electron chi connectivity index (χ2n) is 4.60. The molecule has 0 spiro atoms. The fourth-order valence-electron chi connectivity index (χ4n) is 1.97. The Balaban J connectivity index is 2.39. The van der Waals surface area contributed by atoms with Crippen molar-refractivity contribution in [3.05, 3.63) is 53.5 Å². The third kappa shape index (κ3) is 2.87. The molecule has 2 rings (SSSR count). The van der Waals surface area contributed by atoms with Gasteiger partial charge < -0.3 is 9.15 Å². The molecule has 0 unspecified atom stereocenters. The van der Waals surface area contributed by atoms with E-state index in [1.165, 1.54) is 0 Å². The van der Waals surface area contributed by atoms with Crippen molar-refractivity contribution in [1.82, 2.24) is 0 Å². The molecule has 0 atom stereocenters. The van der Waals surface area contributed by atoms with Crippen LogP contribution in [0.15, 0.2) is 41.0 Å². The minimum atomic E-state index is -0.0538. The molecule has 0 aliphatic carbocycles. The van der Waals surface area contributed by atoms with Crippen LogP contribution in [0.2, 0.25) is 0 Å². The summed E-state index contributed by atoms with van der Waals surface area (Å²) >= 11 is 0. The number of aryl methyl sites for hydroxylation is 1. The Morgan fingerprint density at radius 3 is 2.63 bits per heavy atom. The normalized spacial score (nSPS) is 10.7. The number of furan rings is 1. The highest BCUT2D eigenvalue weighted by Crippen LogP contribution is 2.24. The molecule has 0 radical (unpaired) electrons. The molecule has 0 N–H and O–H groups in total. The Labute approximate surface area is 113 Å². The lowest BCUT2D eigenvalue weighted by molar-refractivity contribution is 0.103. The fourth-order valence-corrected chi connectivity index (χ4v) is 1.97. The minimum absolute atomic E-state index is 0.0314. The maximum absolute atomic E-state index is 12.5. The number of carbonyl (C=O) groups is 1. The van der Waals surface area contributed by atoms with E-state index in [2.05, 4.69) is 0 Å². The van der Waals surface area contributed by atoms with Gasteiger partial charge in [0.15, 0.2) is 5.78 Å². The third-order valence-corrected chi connectivity index (χ3v) is 2.81. The van der Waals surface area contributed by atoms with Crippen LogP contribution in [-0.2, 0) is 6.42 Å². The summed E-state index contributed by atoms with van der Waals surface area (Å²) in [6, 6.07) is 9.02. The predicted molar refractivity (Wildman–Crippen MR) is 73.7 cm³/mol. The Morgan fingerprint density at radius 1 is 1.21 bits per heavy atom. The van der Waals surface area contributed by atoms with Crippen LogP contribution in [0, 0.1) is 0 Å². The van der Waals surface area contributed by atoms with Crippen LogP contribution < -0.4 is 4.74 Å². The monoisotopic (exact) mass is 258 g/mol. The fraction of sp³-hybridized carbons (Fsp3) is 0.312. The van der Waals surface area contributed by atoms with E-state index in [0.717, 1.165) is 0 Å². The van der Waals surface area contributed by atoms with Gasteiger partial charge in [-0.05, 0) is 32.0 Å². The zero-order valence-electron chi connectivity index (χ0n) is 11.5. The lowest BCUT2D eigenvalue weighted by atomic mass is 10.0. The Kier molecular flexibility index (Phi) is 4.05. The molecule has 0 fully saturated rings. The van der Waals surface area contributed by atoms with Crippen LogP contribution in [0.1, 0.15) is 42.5 Å². The molecular weight excluding hydrogens is 240 g/mol. The van der Waals surface area contributed by atoms with Gasteiger partial charge in [-0.2, -0.15) is 0 Å². The Bertz CT molecular complexity index is 567. The molecule has 0 aliphatic heterocycles. The van der Waals surface area contributed by atoms with Crippen LogP contribution in [0.4, 0.5) is 0 Å². The van der Waals surface area contributed by atoms with Gasteiger partial charge in [0.1, 0.15) is 11.5 Å². The third-order valence-electron chi connectivity index (χ3n) is 2.81. The SMILES string of the molecule is CCc1occc1C(=O)c1ccccc1OC(C)C. The second kappa shape index (κ2) is 5.74. The van der Waals surface area contributed by atoms with Crippen LogP contribution in [-0.4, -0.2) is 11.9 Å². The second-order valence-corrected chi connectivity index (χ2v) is 4.60. The Hall–Kier alpha value is -2.03. The molecule has 0 amide bonds. The van der Waals surface area contributed by atoms with Crippen molar-refractivity contribution in [2.75, 3.05) is 0 Å². The summed E-state index contributed by atoms with van der Waals surface area (Å²) in [6.45, 7) is 5.85. The topological polar surface area (TPSA) is 39.4 Å². The number of benzene rings is 1. The predicted octanol–water partition coefficient (Wildman–Crippen LogP) is 3.86. The number of carbonyl (C=O) groups excluding carboxylic acids is 1. The molecular formula is C16H18O3. The first-order valence-electron chi connectivity index (χ1n) is 6.50. The number of ketones is 1. The molecule has 19 heavy (non-hydrogen) atoms. The Morgan fingerprint density at radius 2 is 1.95 bits per heavy atom. The summed E-state index contributed by atoms with van der Waals surface area (Å²) in [4.78, 5) is 12.5. The van der Waals surface area contributed by atoms with Gasteiger partial charge in [-0.25, -0.2) is 0 Å². The summed E-state index contributed by atoms with van der Waals surface area (Å²) in [7, 11) is 0. The molecule has 3 heteroatoms. The summed E-state index contributed by atoms with van der Waals surface area (Å²) in [5.41, 5.74) is 1.19. The molecule has 0 saturated heterocycles. The van der Waals surface area contributed by atoms with E-state index >= 15 is 0 Å². The first-order chi connectivity index (χ1) is 9.13. The van der Waals surface area contributed by atoms with E-state index in [9.17, 15) is 4.79 Å². The van der Waals surface area contributed by atoms with Gasteiger partial charge >= 0.3 is 0 Å². The van der Waals surface area contributed by atoms with E-state index in [4.69, 9.17) is 9.15 Å². The van der Waals surface area contributed by atoms with Crippen LogP contribution in [0.5, 0.6) is 5.75 Å². The van der Waals surface area contributed by atoms with Crippen LogP contribution in [0.3, 0.4) is 0 Å². The molecule has 1 aromatic heterocycles. The molecule has 2 aromatic rings. The molecule has 0 aliphatic rings. The molecule has 3 nitrogen and oxygen atoms in total. The minimum Gasteiger partial charge on any atom is -0.490 e. The molecule has 100 valence electrons. The number of para-hydroxylation sites is 1. The standard InChI is InChI=1S/C16H18O3/c1-4-14-13(9-10-18-14)16(17)12-7-5-6-8-15(12)19-11(2)3/h5-11H,4H2,1-3H3. The van der Waals surface area contributed by atoms with Gasteiger partial charge in [0.05, 0.1) is 23.5 Å². The number of rotatable bonds is 5. The molecule has 0 bridgehead atoms. The van der Waals surface area contributed by atoms with Crippen molar-refractivity contribution in [2.45, 2.75) is 33.3 Å². The van der Waals surface area contributed by atoms with Crippen molar-refractivity contribution in [3.8, 4) is 5.75 Å². The summed E-state index contributed by atoms with van der Waals surface area (Å²) < 4.78 is 11.0. The van der Waals surface area contributed by atoms with Crippen molar-refractivity contribution in [3.63, 3.8) is 0 Å². The summed E-state index contributed by atoms with van der Waals surface area (Å²) in [5.74, 6) is 1.27. The van der Waals surface area contributed by atoms with E-state index in [1.54, 1.807) is 18.4 Å². The van der Waals surface area contributed by atoms with Gasteiger partial charge in [-0.15, -0.1) is 0 Å². The quantitative estimate of drug-likeness (QED) is 0.764. The highest BCUT2D eigenvalue weighted by Gasteiger charge is 2.19. The highest BCUT2D eigenvalue weighted by molar-refractivity contribution is 6.11. The lowest BCUT2D eigenvalue weighted by Crippen LogP contribution is -2.11. The van der Waals surface area contributed by atoms with Crippen molar-refractivity contribution >= 4 is 5.78 Å². The summed E-state index contributed by atoms with van der Waals surface area (Å²) in [5, 5.41) is 0. The maximum Gasteiger partial charge on any atom is 0.200 e. The van der Waals surface area contributed by atoms with Crippen molar-refractivity contribution in [1.29, 1.82) is 0 Å². The van der Waals surface area contributed by atoms with Gasteiger partial charge in [0.25, 0.3) is 0 Å². The average molecular weight is 258 g/mol. The van der Waals surface area contributed by atoms with E-state index < -0.39 is 0 Å². The largest absolute Gasteiger partial charge is 0.490 e. The zero-order valence-corrected chi connectivity index (χ0v) is 11.5. The lowest BCUT2D eigenvalue weighted by Gasteiger charge is -2.13. The van der Waals surface area contributed by atoms with Gasteiger partial charge in [0.2, 0.25) is 0 Å². The highest BCUT2D eigenvalue weighted by atomic mass is 16.5. The smallest absolute Gasteiger partial charge is 0.200 e. The average Bonchev–Trinajstić information content (AvgIpc) is 2.86. The summed E-state index contributed by atoms with van der Waals surface area (Å²) in [6.07, 6.45) is 2.28. The van der Waals surface area contributed by atoms with Crippen LogP contribution in [0.25, 0.3) is 0 Å². The van der Waals surface area contributed by atoms with Gasteiger partial charge in [-0.1, -0.05) is 19.1 Å². The van der Waals surface area contributed by atoms with Crippen molar-refractivity contribution < 1.29 is 13.9 Å². The van der Waals surface area contributed by atoms with E-state index in [-0.39, 0.29) is 11.9 Å². The number of ether oxygens (including phenoxy) is 1. The van der Waals surface area contributed by atoms with E-state index in [0.29, 0.717) is 29.1 Å². The first kappa shape index (κ1) is 13.4. The first-order valence-corrected chi connectivity index (χ1v) is 6.50. The van der Waals surface area contributed by atoms with Gasteiger partial charge in [-0.3, -0.25) is 4.79 Å². The molecule has 1 aromatic carbocycles. The maximum atomic E-state index is 12.5. The van der Waals surface area contributed by atoms with Crippen molar-refractivity contribution in [2.24, 2.45) is 0 Å². The van der Waals surface area contributed by atoms with Crippen LogP contribution >= 0.6 is 0 Å². The number of hydrogen-bond acceptors (Lipinski definition) is 3. The molecule has 0 saturated carbocycles. The van der Waals surface area contributed by atoms with Gasteiger partial charge in [0, 0.05) is 6.42 Å². The zero-order chi connectivity index (χ0) is 13.8. The molecule has 1 heterocycles. The number of hydrogen-bond donors (Lipinski definition) is 0. The van der Waals surface area contributed by atoms with E-state index in [1.807, 2.05) is 39.0 Å².